The number of hydrogen-bond donors (Lipinski definition) is 1. The maximum atomic E-state index is 8.83. The van der Waals surface area contributed by atoms with E-state index < -0.39 is 0 Å². The molecule has 108 valence electrons. The van der Waals surface area contributed by atoms with Gasteiger partial charge in [0, 0.05) is 25.5 Å². The lowest BCUT2D eigenvalue weighted by molar-refractivity contribution is 0.412. The Morgan fingerprint density at radius 1 is 1.43 bits per heavy atom. The average molecular weight is 284 g/mol. The molecular weight excluding hydrogens is 268 g/mol. The number of nitrogen functional groups attached to an aromatic ring is 1. The van der Waals surface area contributed by atoms with Crippen molar-refractivity contribution in [1.82, 2.24) is 15.0 Å². The molecule has 0 bridgehead atoms. The van der Waals surface area contributed by atoms with Gasteiger partial charge in [-0.05, 0) is 11.6 Å². The van der Waals surface area contributed by atoms with Gasteiger partial charge >= 0.3 is 0 Å². The molecule has 0 fully saturated rings. The number of ether oxygens (including phenoxy) is 1. The fraction of sp³-hybridized carbons (Fsp3) is 0.286. The maximum Gasteiger partial charge on any atom is 0.204 e. The lowest BCUT2D eigenvalue weighted by Crippen LogP contribution is -2.25. The molecule has 7 heteroatoms. The van der Waals surface area contributed by atoms with Crippen LogP contribution in [0.25, 0.3) is 0 Å². The number of anilines is 2. The lowest BCUT2D eigenvalue weighted by Gasteiger charge is -2.24. The highest BCUT2D eigenvalue weighted by Crippen LogP contribution is 2.30. The van der Waals surface area contributed by atoms with Gasteiger partial charge in [-0.15, -0.1) is 0 Å². The molecule has 0 aliphatic rings. The third kappa shape index (κ3) is 3.57. The van der Waals surface area contributed by atoms with Gasteiger partial charge in [-0.2, -0.15) is 5.26 Å². The van der Waals surface area contributed by atoms with Crippen LogP contribution in [0, 0.1) is 11.3 Å². The second-order valence-electron chi connectivity index (χ2n) is 4.31. The molecule has 2 aromatic heterocycles. The molecule has 0 radical (unpaired) electrons. The maximum absolute atomic E-state index is 8.83. The quantitative estimate of drug-likeness (QED) is 0.855. The summed E-state index contributed by atoms with van der Waals surface area (Å²) in [5.74, 6) is 1.26. The number of aromatic nitrogens is 3. The van der Waals surface area contributed by atoms with Crippen molar-refractivity contribution in [3.8, 4) is 11.8 Å². The average Bonchev–Trinajstić information content (AvgIpc) is 2.52. The van der Waals surface area contributed by atoms with Gasteiger partial charge in [0.25, 0.3) is 0 Å². The van der Waals surface area contributed by atoms with Gasteiger partial charge in [-0.3, -0.25) is 4.98 Å². The zero-order valence-corrected chi connectivity index (χ0v) is 11.7. The summed E-state index contributed by atoms with van der Waals surface area (Å²) in [5, 5.41) is 8.83. The third-order valence-electron chi connectivity index (χ3n) is 2.91. The Morgan fingerprint density at radius 3 is 2.95 bits per heavy atom. The number of pyridine rings is 1. The molecule has 2 heterocycles. The Kier molecular flexibility index (Phi) is 4.88. The van der Waals surface area contributed by atoms with Crippen LogP contribution in [0.5, 0.6) is 5.75 Å². The minimum Gasteiger partial charge on any atom is -0.490 e. The Labute approximate surface area is 123 Å². The first-order valence-corrected chi connectivity index (χ1v) is 6.41. The topological polar surface area (TPSA) is 101 Å². The first-order chi connectivity index (χ1) is 10.3. The standard InChI is InChI=1S/C14H16N6O/c1-21-12-13(16)18-10-19-14(12)20(7-3-5-15)9-11-4-2-6-17-8-11/h2,4,6,8,10H,3,7,9H2,1H3,(H2,16,18,19). The summed E-state index contributed by atoms with van der Waals surface area (Å²) in [5.41, 5.74) is 6.82. The van der Waals surface area contributed by atoms with Crippen molar-refractivity contribution in [2.75, 3.05) is 24.3 Å². The molecule has 0 spiro atoms. The van der Waals surface area contributed by atoms with Crippen molar-refractivity contribution in [2.24, 2.45) is 0 Å². The summed E-state index contributed by atoms with van der Waals surface area (Å²) in [6.07, 6.45) is 5.24. The van der Waals surface area contributed by atoms with E-state index in [1.165, 1.54) is 13.4 Å². The van der Waals surface area contributed by atoms with Gasteiger partial charge < -0.3 is 15.4 Å². The minimum absolute atomic E-state index is 0.274. The van der Waals surface area contributed by atoms with E-state index in [9.17, 15) is 0 Å². The summed E-state index contributed by atoms with van der Waals surface area (Å²) in [7, 11) is 1.52. The monoisotopic (exact) mass is 284 g/mol. The Hall–Kier alpha value is -2.88. The molecule has 0 saturated carbocycles. The van der Waals surface area contributed by atoms with Crippen LogP contribution in [-0.4, -0.2) is 28.6 Å². The van der Waals surface area contributed by atoms with Crippen LogP contribution in [0.1, 0.15) is 12.0 Å². The van der Waals surface area contributed by atoms with Gasteiger partial charge in [-0.1, -0.05) is 6.07 Å². The molecule has 7 nitrogen and oxygen atoms in total. The first-order valence-electron chi connectivity index (χ1n) is 6.41. The fourth-order valence-corrected chi connectivity index (χ4v) is 1.96. The van der Waals surface area contributed by atoms with E-state index in [0.717, 1.165) is 5.56 Å². The predicted octanol–water partition coefficient (Wildman–Crippen LogP) is 1.38. The van der Waals surface area contributed by atoms with Crippen molar-refractivity contribution in [3.63, 3.8) is 0 Å². The minimum atomic E-state index is 0.274. The second kappa shape index (κ2) is 7.05. The largest absolute Gasteiger partial charge is 0.490 e. The second-order valence-corrected chi connectivity index (χ2v) is 4.31. The molecule has 0 aliphatic heterocycles. The predicted molar refractivity (Wildman–Crippen MR) is 78.5 cm³/mol. The highest BCUT2D eigenvalue weighted by molar-refractivity contribution is 5.62. The highest BCUT2D eigenvalue weighted by Gasteiger charge is 2.17. The Bertz CT molecular complexity index is 625. The van der Waals surface area contributed by atoms with Crippen LogP contribution in [0.4, 0.5) is 11.6 Å². The van der Waals surface area contributed by atoms with Crippen molar-refractivity contribution in [2.45, 2.75) is 13.0 Å². The van der Waals surface area contributed by atoms with Gasteiger partial charge in [0.1, 0.15) is 6.33 Å². The summed E-state index contributed by atoms with van der Waals surface area (Å²) in [6, 6.07) is 5.96. The molecule has 0 saturated heterocycles. The van der Waals surface area contributed by atoms with Crippen LogP contribution >= 0.6 is 0 Å². The SMILES string of the molecule is COc1c(N)ncnc1N(CCC#N)Cc1cccnc1. The highest BCUT2D eigenvalue weighted by atomic mass is 16.5. The Balaban J connectivity index is 2.32. The normalized spacial score (nSPS) is 9.90. The van der Waals surface area contributed by atoms with E-state index >= 15 is 0 Å². The lowest BCUT2D eigenvalue weighted by atomic mass is 10.2. The first kappa shape index (κ1) is 14.5. The molecular formula is C14H16N6O. The molecule has 0 aliphatic carbocycles. The summed E-state index contributed by atoms with van der Waals surface area (Å²) in [6.45, 7) is 1.07. The van der Waals surface area contributed by atoms with E-state index in [1.54, 1.807) is 12.4 Å². The smallest absolute Gasteiger partial charge is 0.204 e. The molecule has 0 atom stereocenters. The van der Waals surface area contributed by atoms with E-state index in [4.69, 9.17) is 15.7 Å². The van der Waals surface area contributed by atoms with E-state index in [-0.39, 0.29) is 5.82 Å². The van der Waals surface area contributed by atoms with Crippen LogP contribution in [0.3, 0.4) is 0 Å². The van der Waals surface area contributed by atoms with Gasteiger partial charge in [0.15, 0.2) is 11.6 Å². The van der Waals surface area contributed by atoms with Crippen molar-refractivity contribution >= 4 is 11.6 Å². The van der Waals surface area contributed by atoms with Crippen LogP contribution < -0.4 is 15.4 Å². The molecule has 21 heavy (non-hydrogen) atoms. The van der Waals surface area contributed by atoms with Crippen molar-refractivity contribution < 1.29 is 4.74 Å². The number of methoxy groups -OCH3 is 1. The summed E-state index contributed by atoms with van der Waals surface area (Å²) < 4.78 is 5.28. The molecule has 2 rings (SSSR count). The summed E-state index contributed by atoms with van der Waals surface area (Å²) >= 11 is 0. The summed E-state index contributed by atoms with van der Waals surface area (Å²) in [4.78, 5) is 14.2. The molecule has 2 aromatic rings. The number of rotatable bonds is 6. The van der Waals surface area contributed by atoms with E-state index in [2.05, 4.69) is 21.0 Å². The van der Waals surface area contributed by atoms with Gasteiger partial charge in [-0.25, -0.2) is 9.97 Å². The number of nitrogens with two attached hydrogens (primary N) is 1. The number of hydrogen-bond acceptors (Lipinski definition) is 7. The van der Waals surface area contributed by atoms with E-state index in [0.29, 0.717) is 31.1 Å². The number of nitriles is 1. The van der Waals surface area contributed by atoms with Crippen LogP contribution in [-0.2, 0) is 6.54 Å². The number of nitrogens with zero attached hydrogens (tertiary/aromatic N) is 5. The zero-order valence-electron chi connectivity index (χ0n) is 11.7. The van der Waals surface area contributed by atoms with Crippen molar-refractivity contribution in [1.29, 1.82) is 5.26 Å². The van der Waals surface area contributed by atoms with Gasteiger partial charge in [0.2, 0.25) is 5.75 Å². The zero-order chi connectivity index (χ0) is 15.1. The van der Waals surface area contributed by atoms with Crippen LogP contribution in [0.2, 0.25) is 0 Å². The molecule has 0 aromatic carbocycles. The molecule has 0 unspecified atom stereocenters. The molecule has 2 N–H and O–H groups in total. The third-order valence-corrected chi connectivity index (χ3v) is 2.91. The fourth-order valence-electron chi connectivity index (χ4n) is 1.96. The van der Waals surface area contributed by atoms with Gasteiger partial charge in [0.05, 0.1) is 19.6 Å². The van der Waals surface area contributed by atoms with E-state index in [1.807, 2.05) is 17.0 Å². The molecule has 0 amide bonds. The van der Waals surface area contributed by atoms with Crippen molar-refractivity contribution in [3.05, 3.63) is 36.4 Å². The Morgan fingerprint density at radius 2 is 2.29 bits per heavy atom. The van der Waals surface area contributed by atoms with Crippen LogP contribution in [0.15, 0.2) is 30.9 Å².